The number of aliphatic hydroxyl groups is 1. The number of rotatable bonds is 7. The van der Waals surface area contributed by atoms with E-state index in [0.29, 0.717) is 19.7 Å². The highest BCUT2D eigenvalue weighted by Gasteiger charge is 2.07. The molecule has 0 fully saturated rings. The van der Waals surface area contributed by atoms with Crippen LogP contribution in [-0.4, -0.2) is 38.6 Å². The molecule has 0 radical (unpaired) electrons. The number of hydrogen-bond donors (Lipinski definition) is 2. The Morgan fingerprint density at radius 1 is 1.10 bits per heavy atom. The van der Waals surface area contributed by atoms with Crippen molar-refractivity contribution in [3.63, 3.8) is 0 Å². The monoisotopic (exact) mass is 275 g/mol. The van der Waals surface area contributed by atoms with Crippen LogP contribution in [0.3, 0.4) is 0 Å². The van der Waals surface area contributed by atoms with E-state index in [-0.39, 0.29) is 0 Å². The number of methoxy groups -OCH3 is 2. The molecule has 2 aromatic carbocycles. The topological polar surface area (TPSA) is 50.7 Å². The molecule has 4 heteroatoms. The Bertz CT molecular complexity index is 556. The van der Waals surface area contributed by atoms with Gasteiger partial charge in [-0.15, -0.1) is 0 Å². The zero-order valence-electron chi connectivity index (χ0n) is 11.9. The van der Waals surface area contributed by atoms with Crippen LogP contribution in [0.1, 0.15) is 5.56 Å². The molecule has 108 valence electrons. The van der Waals surface area contributed by atoms with Crippen molar-refractivity contribution in [2.24, 2.45) is 0 Å². The second-order valence-electron chi connectivity index (χ2n) is 4.71. The summed E-state index contributed by atoms with van der Waals surface area (Å²) in [6, 6.07) is 12.2. The first kappa shape index (κ1) is 14.8. The molecule has 0 aromatic heterocycles. The summed E-state index contributed by atoms with van der Waals surface area (Å²) in [6.07, 6.45) is -0.482. The number of hydrogen-bond acceptors (Lipinski definition) is 4. The van der Waals surface area contributed by atoms with Crippen molar-refractivity contribution in [3.05, 3.63) is 42.0 Å². The van der Waals surface area contributed by atoms with Gasteiger partial charge in [-0.1, -0.05) is 30.3 Å². The van der Waals surface area contributed by atoms with E-state index in [1.54, 1.807) is 14.2 Å². The third-order valence-electron chi connectivity index (χ3n) is 3.25. The predicted octanol–water partition coefficient (Wildman–Crippen LogP) is 1.95. The van der Waals surface area contributed by atoms with Crippen LogP contribution >= 0.6 is 0 Å². The van der Waals surface area contributed by atoms with Gasteiger partial charge in [-0.3, -0.25) is 0 Å². The Morgan fingerprint density at radius 2 is 1.85 bits per heavy atom. The lowest BCUT2D eigenvalue weighted by atomic mass is 10.0. The second kappa shape index (κ2) is 7.24. The van der Waals surface area contributed by atoms with E-state index in [1.807, 2.05) is 18.2 Å². The van der Waals surface area contributed by atoms with Crippen LogP contribution in [0.25, 0.3) is 10.8 Å². The molecule has 0 spiro atoms. The Balaban J connectivity index is 2.11. The molecule has 0 aliphatic heterocycles. The molecule has 0 saturated carbocycles. The van der Waals surface area contributed by atoms with Crippen molar-refractivity contribution < 1.29 is 14.6 Å². The Morgan fingerprint density at radius 3 is 2.55 bits per heavy atom. The van der Waals surface area contributed by atoms with E-state index < -0.39 is 6.10 Å². The first-order valence-electron chi connectivity index (χ1n) is 6.68. The molecule has 2 rings (SSSR count). The van der Waals surface area contributed by atoms with Crippen LogP contribution in [0.2, 0.25) is 0 Å². The molecule has 2 N–H and O–H groups in total. The van der Waals surface area contributed by atoms with Gasteiger partial charge in [0.1, 0.15) is 5.75 Å². The first-order chi connectivity index (χ1) is 9.76. The molecule has 20 heavy (non-hydrogen) atoms. The Labute approximate surface area is 119 Å². The van der Waals surface area contributed by atoms with Crippen molar-refractivity contribution in [3.8, 4) is 5.75 Å². The van der Waals surface area contributed by atoms with Crippen LogP contribution in [0, 0.1) is 0 Å². The lowest BCUT2D eigenvalue weighted by Gasteiger charge is -2.13. The summed E-state index contributed by atoms with van der Waals surface area (Å²) in [6.45, 7) is 1.55. The van der Waals surface area contributed by atoms with Crippen molar-refractivity contribution >= 4 is 10.8 Å². The van der Waals surface area contributed by atoms with E-state index in [4.69, 9.17) is 9.47 Å². The SMILES string of the molecule is COCC(O)CNCc1ccc(OC)c2ccccc12. The maximum absolute atomic E-state index is 9.62. The normalized spacial score (nSPS) is 12.6. The molecule has 1 atom stereocenters. The van der Waals surface area contributed by atoms with E-state index in [1.165, 1.54) is 10.9 Å². The van der Waals surface area contributed by atoms with Gasteiger partial charge in [0.15, 0.2) is 0 Å². The predicted molar refractivity (Wildman–Crippen MR) is 80.1 cm³/mol. The smallest absolute Gasteiger partial charge is 0.126 e. The number of aliphatic hydroxyl groups excluding tert-OH is 1. The summed E-state index contributed by atoms with van der Waals surface area (Å²) in [5.41, 5.74) is 1.19. The van der Waals surface area contributed by atoms with E-state index in [0.717, 1.165) is 11.1 Å². The van der Waals surface area contributed by atoms with Gasteiger partial charge in [0, 0.05) is 25.6 Å². The van der Waals surface area contributed by atoms with Crippen molar-refractivity contribution in [2.45, 2.75) is 12.6 Å². The zero-order chi connectivity index (χ0) is 14.4. The van der Waals surface area contributed by atoms with Gasteiger partial charge < -0.3 is 19.9 Å². The third kappa shape index (κ3) is 3.48. The van der Waals surface area contributed by atoms with Gasteiger partial charge in [-0.25, -0.2) is 0 Å². The second-order valence-corrected chi connectivity index (χ2v) is 4.71. The quantitative estimate of drug-likeness (QED) is 0.811. The van der Waals surface area contributed by atoms with E-state index in [2.05, 4.69) is 23.5 Å². The maximum atomic E-state index is 9.62. The highest BCUT2D eigenvalue weighted by molar-refractivity contribution is 5.91. The Hall–Kier alpha value is -1.62. The van der Waals surface area contributed by atoms with E-state index >= 15 is 0 Å². The summed E-state index contributed by atoms with van der Waals surface area (Å²) in [5, 5.41) is 15.1. The lowest BCUT2D eigenvalue weighted by molar-refractivity contribution is 0.0644. The molecule has 0 amide bonds. The fourth-order valence-corrected chi connectivity index (χ4v) is 2.29. The van der Waals surface area contributed by atoms with Crippen LogP contribution in [0.15, 0.2) is 36.4 Å². The minimum absolute atomic E-state index is 0.344. The first-order valence-corrected chi connectivity index (χ1v) is 6.68. The number of ether oxygens (including phenoxy) is 2. The van der Waals surface area contributed by atoms with Crippen LogP contribution in [0.4, 0.5) is 0 Å². The van der Waals surface area contributed by atoms with Crippen molar-refractivity contribution in [1.29, 1.82) is 0 Å². The number of nitrogens with one attached hydrogen (secondary N) is 1. The van der Waals surface area contributed by atoms with Gasteiger partial charge in [-0.05, 0) is 17.0 Å². The summed E-state index contributed by atoms with van der Waals surface area (Å²) in [7, 11) is 3.26. The molecule has 2 aromatic rings. The third-order valence-corrected chi connectivity index (χ3v) is 3.25. The lowest BCUT2D eigenvalue weighted by Crippen LogP contribution is -2.29. The highest BCUT2D eigenvalue weighted by Crippen LogP contribution is 2.28. The molecular formula is C16H21NO3. The summed E-state index contributed by atoms with van der Waals surface area (Å²) in [4.78, 5) is 0. The van der Waals surface area contributed by atoms with Gasteiger partial charge in [0.05, 0.1) is 19.8 Å². The van der Waals surface area contributed by atoms with Crippen LogP contribution in [0.5, 0.6) is 5.75 Å². The van der Waals surface area contributed by atoms with Gasteiger partial charge in [0.25, 0.3) is 0 Å². The molecular weight excluding hydrogens is 254 g/mol. The number of fused-ring (bicyclic) bond motifs is 1. The van der Waals surface area contributed by atoms with Crippen molar-refractivity contribution in [1.82, 2.24) is 5.32 Å². The molecule has 0 saturated heterocycles. The van der Waals surface area contributed by atoms with E-state index in [9.17, 15) is 5.11 Å². The molecule has 0 heterocycles. The highest BCUT2D eigenvalue weighted by atomic mass is 16.5. The fraction of sp³-hybridized carbons (Fsp3) is 0.375. The average molecular weight is 275 g/mol. The van der Waals surface area contributed by atoms with Gasteiger partial charge in [0.2, 0.25) is 0 Å². The summed E-state index contributed by atoms with van der Waals surface area (Å²) < 4.78 is 10.3. The number of benzene rings is 2. The van der Waals surface area contributed by atoms with Crippen LogP contribution in [-0.2, 0) is 11.3 Å². The largest absolute Gasteiger partial charge is 0.496 e. The minimum Gasteiger partial charge on any atom is -0.496 e. The minimum atomic E-state index is -0.482. The van der Waals surface area contributed by atoms with Crippen molar-refractivity contribution in [2.75, 3.05) is 27.4 Å². The van der Waals surface area contributed by atoms with Gasteiger partial charge in [-0.2, -0.15) is 0 Å². The molecule has 0 aliphatic rings. The van der Waals surface area contributed by atoms with Crippen LogP contribution < -0.4 is 10.1 Å². The summed E-state index contributed by atoms with van der Waals surface area (Å²) in [5.74, 6) is 0.878. The fourth-order valence-electron chi connectivity index (χ4n) is 2.29. The maximum Gasteiger partial charge on any atom is 0.126 e. The molecule has 0 bridgehead atoms. The zero-order valence-corrected chi connectivity index (χ0v) is 11.9. The molecule has 4 nitrogen and oxygen atoms in total. The molecule has 1 unspecified atom stereocenters. The average Bonchev–Trinajstić information content (AvgIpc) is 2.47. The Kier molecular flexibility index (Phi) is 5.35. The summed E-state index contributed by atoms with van der Waals surface area (Å²) >= 11 is 0. The standard InChI is InChI=1S/C16H21NO3/c1-19-11-13(18)10-17-9-12-7-8-16(20-2)15-6-4-3-5-14(12)15/h3-8,13,17-18H,9-11H2,1-2H3. The molecule has 0 aliphatic carbocycles. The van der Waals surface area contributed by atoms with Gasteiger partial charge >= 0.3 is 0 Å².